The molecule has 0 aromatic carbocycles. The molecule has 2 aromatic heterocycles. The van der Waals surface area contributed by atoms with E-state index in [2.05, 4.69) is 26.2 Å². The summed E-state index contributed by atoms with van der Waals surface area (Å²) in [7, 11) is 0. The van der Waals surface area contributed by atoms with Gasteiger partial charge in [-0.05, 0) is 28.9 Å². The highest BCUT2D eigenvalue weighted by molar-refractivity contribution is 9.10. The van der Waals surface area contributed by atoms with Gasteiger partial charge in [0.05, 0.1) is 24.5 Å². The Kier molecular flexibility index (Phi) is 4.33. The molecule has 0 saturated carbocycles. The quantitative estimate of drug-likeness (QED) is 0.854. The average Bonchev–Trinajstić information content (AvgIpc) is 2.87. The van der Waals surface area contributed by atoms with Gasteiger partial charge in [0, 0.05) is 25.2 Å². The van der Waals surface area contributed by atoms with Crippen molar-refractivity contribution in [1.29, 1.82) is 0 Å². The number of hydrogen-bond donors (Lipinski definition) is 1. The molecule has 0 amide bonds. The predicted molar refractivity (Wildman–Crippen MR) is 71.3 cm³/mol. The largest absolute Gasteiger partial charge is 0.472 e. The molecule has 96 valence electrons. The van der Waals surface area contributed by atoms with Crippen LogP contribution in [0.15, 0.2) is 38.6 Å². The minimum absolute atomic E-state index is 0.0485. The SMILES string of the molecule is Cc1ncn(CCNCc2ccoc2)c(=O)c1Br. The fourth-order valence-corrected chi connectivity index (χ4v) is 1.86. The Balaban J connectivity index is 1.87. The molecule has 0 spiro atoms. The number of rotatable bonds is 5. The van der Waals surface area contributed by atoms with E-state index in [0.717, 1.165) is 12.1 Å². The number of aryl methyl sites for hydroxylation is 1. The fourth-order valence-electron chi connectivity index (χ4n) is 1.53. The Morgan fingerprint density at radius 1 is 1.56 bits per heavy atom. The lowest BCUT2D eigenvalue weighted by atomic mass is 10.3. The molecular weight excluding hydrogens is 298 g/mol. The molecular formula is C12H14BrN3O2. The third-order valence-electron chi connectivity index (χ3n) is 2.60. The summed E-state index contributed by atoms with van der Waals surface area (Å²) < 4.78 is 7.08. The summed E-state index contributed by atoms with van der Waals surface area (Å²) >= 11 is 3.24. The van der Waals surface area contributed by atoms with Crippen molar-refractivity contribution in [2.24, 2.45) is 0 Å². The number of nitrogens with zero attached hydrogens (tertiary/aromatic N) is 2. The van der Waals surface area contributed by atoms with E-state index in [4.69, 9.17) is 4.42 Å². The molecule has 6 heteroatoms. The highest BCUT2D eigenvalue weighted by atomic mass is 79.9. The first kappa shape index (κ1) is 13.0. The van der Waals surface area contributed by atoms with Crippen LogP contribution in [0, 0.1) is 6.92 Å². The first-order valence-electron chi connectivity index (χ1n) is 5.62. The molecule has 0 aliphatic rings. The van der Waals surface area contributed by atoms with Crippen LogP contribution in [0.5, 0.6) is 0 Å². The van der Waals surface area contributed by atoms with E-state index in [9.17, 15) is 4.79 Å². The fraction of sp³-hybridized carbons (Fsp3) is 0.333. The summed E-state index contributed by atoms with van der Waals surface area (Å²) in [4.78, 5) is 16.0. The highest BCUT2D eigenvalue weighted by Gasteiger charge is 2.04. The molecule has 1 N–H and O–H groups in total. The van der Waals surface area contributed by atoms with Gasteiger partial charge in [-0.3, -0.25) is 9.36 Å². The van der Waals surface area contributed by atoms with Crippen molar-refractivity contribution in [2.75, 3.05) is 6.54 Å². The maximum absolute atomic E-state index is 11.8. The minimum Gasteiger partial charge on any atom is -0.472 e. The molecule has 0 radical (unpaired) electrons. The van der Waals surface area contributed by atoms with Crippen LogP contribution in [0.25, 0.3) is 0 Å². The Morgan fingerprint density at radius 3 is 3.11 bits per heavy atom. The van der Waals surface area contributed by atoms with Crippen molar-refractivity contribution in [3.63, 3.8) is 0 Å². The van der Waals surface area contributed by atoms with Gasteiger partial charge in [-0.15, -0.1) is 0 Å². The third kappa shape index (κ3) is 3.08. The second-order valence-electron chi connectivity index (χ2n) is 3.95. The molecule has 2 aromatic rings. The topological polar surface area (TPSA) is 60.1 Å². The molecule has 0 aliphatic heterocycles. The number of aromatic nitrogens is 2. The van der Waals surface area contributed by atoms with Crippen LogP contribution in [-0.4, -0.2) is 16.1 Å². The number of nitrogens with one attached hydrogen (secondary N) is 1. The van der Waals surface area contributed by atoms with E-state index < -0.39 is 0 Å². The van der Waals surface area contributed by atoms with Crippen molar-refractivity contribution < 1.29 is 4.42 Å². The van der Waals surface area contributed by atoms with E-state index in [1.54, 1.807) is 30.3 Å². The number of furan rings is 1. The second-order valence-corrected chi connectivity index (χ2v) is 4.74. The molecule has 0 unspecified atom stereocenters. The summed E-state index contributed by atoms with van der Waals surface area (Å²) in [6.07, 6.45) is 4.91. The standard InChI is InChI=1S/C12H14BrN3O2/c1-9-11(13)12(17)16(8-15-9)4-3-14-6-10-2-5-18-7-10/h2,5,7-8,14H,3-4,6H2,1H3. The summed E-state index contributed by atoms with van der Waals surface area (Å²) in [6.45, 7) is 3.81. The van der Waals surface area contributed by atoms with Crippen LogP contribution >= 0.6 is 15.9 Å². The molecule has 5 nitrogen and oxygen atoms in total. The molecule has 0 aliphatic carbocycles. The Morgan fingerprint density at radius 2 is 2.39 bits per heavy atom. The summed E-state index contributed by atoms with van der Waals surface area (Å²) in [5.41, 5.74) is 1.75. The maximum Gasteiger partial charge on any atom is 0.267 e. The van der Waals surface area contributed by atoms with Gasteiger partial charge in [-0.25, -0.2) is 4.98 Å². The molecule has 2 heterocycles. The van der Waals surface area contributed by atoms with Crippen LogP contribution < -0.4 is 10.9 Å². The lowest BCUT2D eigenvalue weighted by Gasteiger charge is -2.07. The molecule has 0 fully saturated rings. The summed E-state index contributed by atoms with van der Waals surface area (Å²) in [5, 5.41) is 3.23. The van der Waals surface area contributed by atoms with E-state index in [0.29, 0.717) is 23.3 Å². The Bertz CT molecular complexity index is 563. The van der Waals surface area contributed by atoms with Crippen LogP contribution in [0.3, 0.4) is 0 Å². The normalized spacial score (nSPS) is 10.8. The number of halogens is 1. The maximum atomic E-state index is 11.8. The molecule has 0 atom stereocenters. The zero-order chi connectivity index (χ0) is 13.0. The van der Waals surface area contributed by atoms with Gasteiger partial charge in [0.25, 0.3) is 5.56 Å². The zero-order valence-electron chi connectivity index (χ0n) is 10.0. The van der Waals surface area contributed by atoms with E-state index in [-0.39, 0.29) is 5.56 Å². The Labute approximate surface area is 113 Å². The van der Waals surface area contributed by atoms with Crippen LogP contribution in [-0.2, 0) is 13.1 Å². The first-order valence-corrected chi connectivity index (χ1v) is 6.41. The van der Waals surface area contributed by atoms with E-state index in [1.165, 1.54) is 0 Å². The number of hydrogen-bond acceptors (Lipinski definition) is 4. The zero-order valence-corrected chi connectivity index (χ0v) is 11.6. The monoisotopic (exact) mass is 311 g/mol. The highest BCUT2D eigenvalue weighted by Crippen LogP contribution is 2.05. The Hall–Kier alpha value is -1.40. The third-order valence-corrected chi connectivity index (χ3v) is 3.51. The minimum atomic E-state index is -0.0485. The second kappa shape index (κ2) is 5.97. The van der Waals surface area contributed by atoms with Gasteiger partial charge in [0.1, 0.15) is 4.47 Å². The predicted octanol–water partition coefficient (Wildman–Crippen LogP) is 1.70. The van der Waals surface area contributed by atoms with Gasteiger partial charge in [-0.1, -0.05) is 0 Å². The van der Waals surface area contributed by atoms with Crippen molar-refractivity contribution in [3.8, 4) is 0 Å². The van der Waals surface area contributed by atoms with Crippen LogP contribution in [0.1, 0.15) is 11.3 Å². The smallest absolute Gasteiger partial charge is 0.267 e. The molecule has 0 saturated heterocycles. The van der Waals surface area contributed by atoms with Gasteiger partial charge in [-0.2, -0.15) is 0 Å². The van der Waals surface area contributed by atoms with Crippen LogP contribution in [0.4, 0.5) is 0 Å². The molecule has 0 bridgehead atoms. The summed E-state index contributed by atoms with van der Waals surface area (Å²) in [5.74, 6) is 0. The van der Waals surface area contributed by atoms with Crippen molar-refractivity contribution >= 4 is 15.9 Å². The van der Waals surface area contributed by atoms with Gasteiger partial charge in [0.2, 0.25) is 0 Å². The van der Waals surface area contributed by atoms with Crippen molar-refractivity contribution in [2.45, 2.75) is 20.0 Å². The van der Waals surface area contributed by atoms with Crippen molar-refractivity contribution in [1.82, 2.24) is 14.9 Å². The van der Waals surface area contributed by atoms with Crippen molar-refractivity contribution in [3.05, 3.63) is 51.0 Å². The van der Waals surface area contributed by atoms with Gasteiger partial charge in [0.15, 0.2) is 0 Å². The molecule has 18 heavy (non-hydrogen) atoms. The van der Waals surface area contributed by atoms with Gasteiger partial charge >= 0.3 is 0 Å². The first-order chi connectivity index (χ1) is 8.68. The van der Waals surface area contributed by atoms with Crippen LogP contribution in [0.2, 0.25) is 0 Å². The lowest BCUT2D eigenvalue weighted by Crippen LogP contribution is -2.27. The van der Waals surface area contributed by atoms with Gasteiger partial charge < -0.3 is 9.73 Å². The lowest BCUT2D eigenvalue weighted by molar-refractivity contribution is 0.551. The van der Waals surface area contributed by atoms with E-state index in [1.807, 2.05) is 6.07 Å². The molecule has 2 rings (SSSR count). The average molecular weight is 312 g/mol. The summed E-state index contributed by atoms with van der Waals surface area (Å²) in [6, 6.07) is 1.91. The van der Waals surface area contributed by atoms with E-state index >= 15 is 0 Å².